The lowest BCUT2D eigenvalue weighted by molar-refractivity contribution is -0.120. The van der Waals surface area contributed by atoms with Crippen molar-refractivity contribution in [2.45, 2.75) is 39.3 Å². The van der Waals surface area contributed by atoms with Gasteiger partial charge < -0.3 is 14.6 Å². The van der Waals surface area contributed by atoms with E-state index in [4.69, 9.17) is 9.26 Å². The molecule has 1 amide bonds. The molecule has 0 aliphatic carbocycles. The topological polar surface area (TPSA) is 80.5 Å². The van der Waals surface area contributed by atoms with Gasteiger partial charge in [0.05, 0.1) is 25.4 Å². The first kappa shape index (κ1) is 20.1. The second-order valence-corrected chi connectivity index (χ2v) is 7.70. The predicted octanol–water partition coefficient (Wildman–Crippen LogP) is 3.97. The van der Waals surface area contributed by atoms with Crippen molar-refractivity contribution in [3.05, 3.63) is 59.5 Å². The molecule has 7 nitrogen and oxygen atoms in total. The normalized spacial score (nSPS) is 16.6. The van der Waals surface area contributed by atoms with E-state index in [-0.39, 0.29) is 11.9 Å². The number of hydrogen-bond donors (Lipinski definition) is 1. The molecule has 3 aromatic rings. The standard InChI is InChI=1S/C23H26N4O3/c1-15-6-9-17(10-7-15)22-25-21(30-26-22)14-27-12-4-5-19(27)23(28)24-18-13-16(2)8-11-20(18)29-3/h6-11,13,19H,4-5,12,14H2,1-3H3,(H,24,28). The highest BCUT2D eigenvalue weighted by molar-refractivity contribution is 5.96. The molecule has 156 valence electrons. The number of anilines is 1. The molecule has 1 fully saturated rings. The molecule has 1 unspecified atom stereocenters. The van der Waals surface area contributed by atoms with Crippen LogP contribution in [0.2, 0.25) is 0 Å². The number of benzene rings is 2. The fourth-order valence-electron chi connectivity index (χ4n) is 3.76. The molecule has 1 aliphatic heterocycles. The maximum atomic E-state index is 13.0. The molecule has 2 heterocycles. The Balaban J connectivity index is 1.45. The zero-order valence-electron chi connectivity index (χ0n) is 17.5. The van der Waals surface area contributed by atoms with E-state index >= 15 is 0 Å². The van der Waals surface area contributed by atoms with E-state index in [0.717, 1.165) is 30.5 Å². The number of aryl methyl sites for hydroxylation is 2. The number of amides is 1. The average molecular weight is 406 g/mol. The van der Waals surface area contributed by atoms with Crippen LogP contribution in [0.25, 0.3) is 11.4 Å². The largest absolute Gasteiger partial charge is 0.495 e. The van der Waals surface area contributed by atoms with Crippen LogP contribution < -0.4 is 10.1 Å². The SMILES string of the molecule is COc1ccc(C)cc1NC(=O)C1CCCN1Cc1nc(-c2ccc(C)cc2)no1. The first-order valence-corrected chi connectivity index (χ1v) is 10.1. The highest BCUT2D eigenvalue weighted by atomic mass is 16.5. The van der Waals surface area contributed by atoms with Crippen LogP contribution in [0.3, 0.4) is 0 Å². The average Bonchev–Trinajstić information content (AvgIpc) is 3.39. The van der Waals surface area contributed by atoms with Crippen LogP contribution in [-0.4, -0.2) is 40.6 Å². The maximum Gasteiger partial charge on any atom is 0.241 e. The minimum absolute atomic E-state index is 0.0466. The smallest absolute Gasteiger partial charge is 0.241 e. The monoisotopic (exact) mass is 406 g/mol. The summed E-state index contributed by atoms with van der Waals surface area (Å²) in [7, 11) is 1.60. The van der Waals surface area contributed by atoms with Gasteiger partial charge >= 0.3 is 0 Å². The van der Waals surface area contributed by atoms with Gasteiger partial charge in [0.1, 0.15) is 5.75 Å². The number of nitrogens with zero attached hydrogens (tertiary/aromatic N) is 3. The van der Waals surface area contributed by atoms with Crippen LogP contribution in [0.1, 0.15) is 29.9 Å². The maximum absolute atomic E-state index is 13.0. The molecule has 1 aromatic heterocycles. The molecule has 0 bridgehead atoms. The Morgan fingerprint density at radius 3 is 2.73 bits per heavy atom. The summed E-state index contributed by atoms with van der Waals surface area (Å²) in [6, 6.07) is 13.5. The lowest BCUT2D eigenvalue weighted by atomic mass is 10.1. The first-order chi connectivity index (χ1) is 14.5. The third kappa shape index (κ3) is 4.36. The molecule has 1 aliphatic rings. The summed E-state index contributed by atoms with van der Waals surface area (Å²) in [5.74, 6) is 1.68. The number of carbonyl (C=O) groups excluding carboxylic acids is 1. The van der Waals surface area contributed by atoms with Crippen LogP contribution >= 0.6 is 0 Å². The summed E-state index contributed by atoms with van der Waals surface area (Å²) in [5, 5.41) is 7.12. The van der Waals surface area contributed by atoms with Gasteiger partial charge in [0.15, 0.2) is 0 Å². The lowest BCUT2D eigenvalue weighted by Gasteiger charge is -2.22. The fraction of sp³-hybridized carbons (Fsp3) is 0.348. The molecule has 4 rings (SSSR count). The highest BCUT2D eigenvalue weighted by Crippen LogP contribution is 2.28. The number of likely N-dealkylation sites (tertiary alicyclic amines) is 1. The quantitative estimate of drug-likeness (QED) is 0.667. The number of carbonyl (C=O) groups is 1. The van der Waals surface area contributed by atoms with Crippen molar-refractivity contribution in [3.8, 4) is 17.1 Å². The highest BCUT2D eigenvalue weighted by Gasteiger charge is 2.32. The molecule has 1 N–H and O–H groups in total. The molecule has 0 saturated carbocycles. The molecular formula is C23H26N4O3. The van der Waals surface area contributed by atoms with Crippen molar-refractivity contribution >= 4 is 11.6 Å². The van der Waals surface area contributed by atoms with Crippen LogP contribution in [0.5, 0.6) is 5.75 Å². The van der Waals surface area contributed by atoms with Gasteiger partial charge in [-0.3, -0.25) is 9.69 Å². The van der Waals surface area contributed by atoms with Gasteiger partial charge in [-0.1, -0.05) is 41.1 Å². The van der Waals surface area contributed by atoms with Gasteiger partial charge in [-0.25, -0.2) is 0 Å². The Morgan fingerprint density at radius 1 is 1.20 bits per heavy atom. The van der Waals surface area contributed by atoms with E-state index in [9.17, 15) is 4.79 Å². The van der Waals surface area contributed by atoms with Crippen molar-refractivity contribution in [3.63, 3.8) is 0 Å². The second-order valence-electron chi connectivity index (χ2n) is 7.70. The van der Waals surface area contributed by atoms with Crippen LogP contribution in [0, 0.1) is 13.8 Å². The van der Waals surface area contributed by atoms with Gasteiger partial charge in [-0.2, -0.15) is 4.98 Å². The molecule has 0 radical (unpaired) electrons. The van der Waals surface area contributed by atoms with Crippen LogP contribution in [0.15, 0.2) is 47.0 Å². The van der Waals surface area contributed by atoms with Crippen LogP contribution in [0.4, 0.5) is 5.69 Å². The van der Waals surface area contributed by atoms with Gasteiger partial charge in [0.2, 0.25) is 17.6 Å². The summed E-state index contributed by atoms with van der Waals surface area (Å²) in [4.78, 5) is 19.6. The number of methoxy groups -OCH3 is 1. The van der Waals surface area contributed by atoms with Gasteiger partial charge in [0.25, 0.3) is 0 Å². The number of aromatic nitrogens is 2. The number of hydrogen-bond acceptors (Lipinski definition) is 6. The Labute approximate surface area is 176 Å². The third-order valence-electron chi connectivity index (χ3n) is 5.40. The van der Waals surface area contributed by atoms with E-state index in [2.05, 4.69) is 20.4 Å². The molecular weight excluding hydrogens is 380 g/mol. The van der Waals surface area contributed by atoms with E-state index in [1.165, 1.54) is 5.56 Å². The molecule has 30 heavy (non-hydrogen) atoms. The third-order valence-corrected chi connectivity index (χ3v) is 5.40. The van der Waals surface area contributed by atoms with E-state index in [0.29, 0.717) is 29.7 Å². The Kier molecular flexibility index (Phi) is 5.81. The molecule has 0 spiro atoms. The summed E-state index contributed by atoms with van der Waals surface area (Å²) < 4.78 is 10.8. The van der Waals surface area contributed by atoms with Crippen molar-refractivity contribution in [1.29, 1.82) is 0 Å². The minimum atomic E-state index is -0.245. The Morgan fingerprint density at radius 2 is 1.97 bits per heavy atom. The minimum Gasteiger partial charge on any atom is -0.495 e. The van der Waals surface area contributed by atoms with Crippen molar-refractivity contribution in [1.82, 2.24) is 15.0 Å². The Bertz CT molecular complexity index is 1030. The van der Waals surface area contributed by atoms with Gasteiger partial charge in [-0.15, -0.1) is 0 Å². The fourth-order valence-corrected chi connectivity index (χ4v) is 3.76. The van der Waals surface area contributed by atoms with E-state index in [1.54, 1.807) is 7.11 Å². The number of ether oxygens (including phenoxy) is 1. The zero-order chi connectivity index (χ0) is 21.1. The lowest BCUT2D eigenvalue weighted by Crippen LogP contribution is -2.39. The zero-order valence-corrected chi connectivity index (χ0v) is 17.5. The number of nitrogens with one attached hydrogen (secondary N) is 1. The summed E-state index contributed by atoms with van der Waals surface area (Å²) in [6.45, 7) is 5.28. The molecule has 1 saturated heterocycles. The molecule has 1 atom stereocenters. The molecule has 2 aromatic carbocycles. The van der Waals surface area contributed by atoms with E-state index < -0.39 is 0 Å². The first-order valence-electron chi connectivity index (χ1n) is 10.1. The predicted molar refractivity (Wildman–Crippen MR) is 114 cm³/mol. The van der Waals surface area contributed by atoms with Crippen LogP contribution in [-0.2, 0) is 11.3 Å². The van der Waals surface area contributed by atoms with Crippen molar-refractivity contribution in [2.24, 2.45) is 0 Å². The summed E-state index contributed by atoms with van der Waals surface area (Å²) >= 11 is 0. The Hall–Kier alpha value is -3.19. The van der Waals surface area contributed by atoms with E-state index in [1.807, 2.05) is 56.3 Å². The van der Waals surface area contributed by atoms with Crippen molar-refractivity contribution < 1.29 is 14.1 Å². The summed E-state index contributed by atoms with van der Waals surface area (Å²) in [5.41, 5.74) is 3.84. The molecule has 7 heteroatoms. The second kappa shape index (κ2) is 8.67. The van der Waals surface area contributed by atoms with Gasteiger partial charge in [-0.05, 0) is 50.9 Å². The van der Waals surface area contributed by atoms with Crippen molar-refractivity contribution in [2.75, 3.05) is 19.0 Å². The van der Waals surface area contributed by atoms with Gasteiger partial charge in [0, 0.05) is 5.56 Å². The number of rotatable bonds is 6. The summed E-state index contributed by atoms with van der Waals surface area (Å²) in [6.07, 6.45) is 1.74.